The van der Waals surface area contributed by atoms with Crippen LogP contribution >= 0.6 is 0 Å². The van der Waals surface area contributed by atoms with E-state index in [4.69, 9.17) is 20.9 Å². The second kappa shape index (κ2) is 16.9. The SMILES string of the molecule is CC(=O)Oc1ccccc1.CC(=O)Oc1ccccc1.NCCN.[Ti]. The number of carbonyl (C=O) groups is 2. The molecular formula is C18H24N2O4Ti. The summed E-state index contributed by atoms with van der Waals surface area (Å²) in [5, 5.41) is 0. The molecule has 0 unspecified atom stereocenters. The molecule has 2 aromatic rings. The molecule has 4 N–H and O–H groups in total. The predicted octanol–water partition coefficient (Wildman–Crippen LogP) is 2.13. The summed E-state index contributed by atoms with van der Waals surface area (Å²) >= 11 is 0. The number of hydrogen-bond acceptors (Lipinski definition) is 6. The molecule has 2 aromatic carbocycles. The zero-order chi connectivity index (χ0) is 18.2. The number of benzene rings is 2. The van der Waals surface area contributed by atoms with E-state index >= 15 is 0 Å². The molecule has 25 heavy (non-hydrogen) atoms. The molecule has 0 bridgehead atoms. The maximum atomic E-state index is 10.4. The van der Waals surface area contributed by atoms with Gasteiger partial charge in [-0.2, -0.15) is 0 Å². The number of esters is 2. The molecule has 0 aliphatic carbocycles. The first-order valence-electron chi connectivity index (χ1n) is 7.36. The number of hydrogen-bond donors (Lipinski definition) is 2. The predicted molar refractivity (Wildman–Crippen MR) is 93.6 cm³/mol. The summed E-state index contributed by atoms with van der Waals surface area (Å²) in [4.78, 5) is 20.8. The Morgan fingerprint density at radius 3 is 1.20 bits per heavy atom. The molecule has 0 radical (unpaired) electrons. The average Bonchev–Trinajstić information content (AvgIpc) is 2.56. The molecule has 0 atom stereocenters. The Hall–Kier alpha value is -1.99. The van der Waals surface area contributed by atoms with E-state index < -0.39 is 0 Å². The zero-order valence-corrected chi connectivity index (χ0v) is 16.0. The van der Waals surface area contributed by atoms with E-state index in [9.17, 15) is 9.59 Å². The fraction of sp³-hybridized carbons (Fsp3) is 0.222. The van der Waals surface area contributed by atoms with E-state index in [1.807, 2.05) is 36.4 Å². The van der Waals surface area contributed by atoms with Crippen molar-refractivity contribution in [3.05, 3.63) is 60.7 Å². The number of nitrogens with two attached hydrogens (primary N) is 2. The zero-order valence-electron chi connectivity index (χ0n) is 14.5. The maximum absolute atomic E-state index is 10.4. The van der Waals surface area contributed by atoms with Crippen LogP contribution in [0.1, 0.15) is 13.8 Å². The van der Waals surface area contributed by atoms with Crippen molar-refractivity contribution in [2.45, 2.75) is 13.8 Å². The number of para-hydroxylation sites is 2. The Morgan fingerprint density at radius 2 is 1.00 bits per heavy atom. The average molecular weight is 380 g/mol. The fourth-order valence-corrected chi connectivity index (χ4v) is 1.31. The van der Waals surface area contributed by atoms with Crippen LogP contribution in [0.2, 0.25) is 0 Å². The largest absolute Gasteiger partial charge is 0.427 e. The van der Waals surface area contributed by atoms with Crippen molar-refractivity contribution in [3.63, 3.8) is 0 Å². The van der Waals surface area contributed by atoms with E-state index in [-0.39, 0.29) is 33.7 Å². The molecule has 134 valence electrons. The Balaban J connectivity index is 0. The first kappa shape index (κ1) is 25.3. The summed E-state index contributed by atoms with van der Waals surface area (Å²) in [7, 11) is 0. The van der Waals surface area contributed by atoms with Crippen molar-refractivity contribution < 1.29 is 40.8 Å². The summed E-state index contributed by atoms with van der Waals surface area (Å²) < 4.78 is 9.55. The third-order valence-electron chi connectivity index (χ3n) is 2.18. The number of ether oxygens (including phenoxy) is 2. The molecular weight excluding hydrogens is 356 g/mol. The van der Waals surface area contributed by atoms with Gasteiger partial charge < -0.3 is 20.9 Å². The molecule has 0 aromatic heterocycles. The molecule has 0 saturated carbocycles. The van der Waals surface area contributed by atoms with Crippen molar-refractivity contribution in [2.24, 2.45) is 11.5 Å². The number of rotatable bonds is 3. The normalized spacial score (nSPS) is 8.32. The second-order valence-electron chi connectivity index (χ2n) is 4.39. The molecule has 0 aliphatic heterocycles. The van der Waals surface area contributed by atoms with Crippen LogP contribution in [-0.2, 0) is 31.3 Å². The van der Waals surface area contributed by atoms with E-state index in [1.54, 1.807) is 24.3 Å². The third kappa shape index (κ3) is 16.6. The Kier molecular flexibility index (Phi) is 17.0. The molecule has 0 saturated heterocycles. The van der Waals surface area contributed by atoms with Gasteiger partial charge in [0.1, 0.15) is 11.5 Å². The van der Waals surface area contributed by atoms with Gasteiger partial charge in [-0.3, -0.25) is 9.59 Å². The third-order valence-corrected chi connectivity index (χ3v) is 2.18. The molecule has 0 amide bonds. The van der Waals surface area contributed by atoms with Crippen LogP contribution in [0.3, 0.4) is 0 Å². The minimum absolute atomic E-state index is 0. The van der Waals surface area contributed by atoms with E-state index in [1.165, 1.54) is 13.8 Å². The van der Waals surface area contributed by atoms with Crippen LogP contribution in [0.25, 0.3) is 0 Å². The van der Waals surface area contributed by atoms with Crippen molar-refractivity contribution in [1.82, 2.24) is 0 Å². The first-order chi connectivity index (χ1) is 11.5. The van der Waals surface area contributed by atoms with Crippen LogP contribution < -0.4 is 20.9 Å². The van der Waals surface area contributed by atoms with Crippen LogP contribution in [0.15, 0.2) is 60.7 Å². The smallest absolute Gasteiger partial charge is 0.308 e. The minimum atomic E-state index is -0.286. The van der Waals surface area contributed by atoms with Gasteiger partial charge in [-0.15, -0.1) is 0 Å². The van der Waals surface area contributed by atoms with Gasteiger partial charge in [-0.25, -0.2) is 0 Å². The first-order valence-corrected chi connectivity index (χ1v) is 7.36. The van der Waals surface area contributed by atoms with Gasteiger partial charge in [0.25, 0.3) is 0 Å². The van der Waals surface area contributed by atoms with Gasteiger partial charge in [0.15, 0.2) is 0 Å². The van der Waals surface area contributed by atoms with Crippen molar-refractivity contribution in [2.75, 3.05) is 13.1 Å². The van der Waals surface area contributed by atoms with Gasteiger partial charge in [-0.1, -0.05) is 36.4 Å². The summed E-state index contributed by atoms with van der Waals surface area (Å²) in [6, 6.07) is 18.0. The Morgan fingerprint density at radius 1 is 0.720 bits per heavy atom. The summed E-state index contributed by atoms with van der Waals surface area (Å²) in [5.41, 5.74) is 9.81. The summed E-state index contributed by atoms with van der Waals surface area (Å²) in [5.74, 6) is 0.613. The van der Waals surface area contributed by atoms with Gasteiger partial charge in [0, 0.05) is 48.7 Å². The Bertz CT molecular complexity index is 527. The quantitative estimate of drug-likeness (QED) is 0.480. The summed E-state index contributed by atoms with van der Waals surface area (Å²) in [6.45, 7) is 3.96. The van der Waals surface area contributed by atoms with Crippen LogP contribution in [-0.4, -0.2) is 25.0 Å². The summed E-state index contributed by atoms with van der Waals surface area (Å²) in [6.07, 6.45) is 0. The minimum Gasteiger partial charge on any atom is -0.427 e. The van der Waals surface area contributed by atoms with Crippen LogP contribution in [0.5, 0.6) is 11.5 Å². The van der Waals surface area contributed by atoms with Crippen molar-refractivity contribution >= 4 is 11.9 Å². The molecule has 0 spiro atoms. The van der Waals surface area contributed by atoms with Gasteiger partial charge >= 0.3 is 11.9 Å². The van der Waals surface area contributed by atoms with Gasteiger partial charge in [-0.05, 0) is 24.3 Å². The molecule has 6 nitrogen and oxygen atoms in total. The van der Waals surface area contributed by atoms with Gasteiger partial charge in [0.05, 0.1) is 0 Å². The Labute approximate surface area is 163 Å². The van der Waals surface area contributed by atoms with Crippen LogP contribution in [0.4, 0.5) is 0 Å². The van der Waals surface area contributed by atoms with E-state index in [2.05, 4.69) is 0 Å². The standard InChI is InChI=1S/2C8H8O2.C2H8N2.Ti/c2*1-7(9)10-8-5-3-2-4-6-8;3-1-2-4;/h2*2-6H,1H3;1-4H2;. The van der Waals surface area contributed by atoms with Crippen LogP contribution in [0, 0.1) is 0 Å². The van der Waals surface area contributed by atoms with Gasteiger partial charge in [0.2, 0.25) is 0 Å². The monoisotopic (exact) mass is 380 g/mol. The second-order valence-corrected chi connectivity index (χ2v) is 4.39. The topological polar surface area (TPSA) is 105 Å². The molecule has 7 heteroatoms. The van der Waals surface area contributed by atoms with E-state index in [0.29, 0.717) is 24.6 Å². The molecule has 2 rings (SSSR count). The molecule has 0 fully saturated rings. The maximum Gasteiger partial charge on any atom is 0.308 e. The molecule has 0 heterocycles. The number of carbonyl (C=O) groups excluding carboxylic acids is 2. The van der Waals surface area contributed by atoms with Crippen molar-refractivity contribution in [3.8, 4) is 11.5 Å². The van der Waals surface area contributed by atoms with Crippen molar-refractivity contribution in [1.29, 1.82) is 0 Å². The fourth-order valence-electron chi connectivity index (χ4n) is 1.31. The molecule has 0 aliphatic rings. The van der Waals surface area contributed by atoms with E-state index in [0.717, 1.165) is 0 Å².